The fraction of sp³-hybridized carbons (Fsp3) is 0.333. The van der Waals surface area contributed by atoms with Crippen LogP contribution in [0.3, 0.4) is 0 Å². The van der Waals surface area contributed by atoms with Crippen LogP contribution in [0.5, 0.6) is 5.75 Å². The molecule has 2 aromatic carbocycles. The molecule has 3 N–H and O–H groups in total. The summed E-state index contributed by atoms with van der Waals surface area (Å²) in [5.41, 5.74) is 3.18. The Morgan fingerprint density at radius 2 is 2.03 bits per heavy atom. The van der Waals surface area contributed by atoms with Gasteiger partial charge in [-0.05, 0) is 35.7 Å². The molecule has 0 saturated carbocycles. The maximum absolute atomic E-state index is 13.2. The first kappa shape index (κ1) is 19.6. The summed E-state index contributed by atoms with van der Waals surface area (Å²) in [6.45, 7) is 1.21. The number of hydrogen-bond donors (Lipinski definition) is 3. The molecule has 3 atom stereocenters. The quantitative estimate of drug-likeness (QED) is 0.571. The molecular weight excluding hydrogens is 392 g/mol. The molecule has 31 heavy (non-hydrogen) atoms. The van der Waals surface area contributed by atoms with Gasteiger partial charge in [-0.1, -0.05) is 30.3 Å². The van der Waals surface area contributed by atoms with Crippen LogP contribution in [0.25, 0.3) is 10.9 Å². The van der Waals surface area contributed by atoms with Gasteiger partial charge in [-0.2, -0.15) is 0 Å². The summed E-state index contributed by atoms with van der Waals surface area (Å²) in [6.07, 6.45) is 3.04. The first-order chi connectivity index (χ1) is 15.1. The number of para-hydroxylation sites is 1. The van der Waals surface area contributed by atoms with E-state index in [-0.39, 0.29) is 17.9 Å². The third-order valence-corrected chi connectivity index (χ3v) is 6.33. The van der Waals surface area contributed by atoms with Crippen molar-refractivity contribution in [3.8, 4) is 5.75 Å². The predicted octanol–water partition coefficient (Wildman–Crippen LogP) is 1.98. The molecule has 7 heteroatoms. The van der Waals surface area contributed by atoms with Crippen LogP contribution in [0.4, 0.5) is 0 Å². The number of benzene rings is 2. The van der Waals surface area contributed by atoms with Crippen molar-refractivity contribution >= 4 is 22.7 Å². The molecule has 0 unspecified atom stereocenters. The zero-order chi connectivity index (χ0) is 21.4. The van der Waals surface area contributed by atoms with E-state index in [1.165, 1.54) is 0 Å². The molecule has 2 fully saturated rings. The first-order valence-electron chi connectivity index (χ1n) is 10.6. The molecule has 2 amide bonds. The zero-order valence-corrected chi connectivity index (χ0v) is 17.4. The van der Waals surface area contributed by atoms with Crippen molar-refractivity contribution in [3.05, 3.63) is 65.9 Å². The van der Waals surface area contributed by atoms with Crippen molar-refractivity contribution in [2.24, 2.45) is 0 Å². The first-order valence-corrected chi connectivity index (χ1v) is 10.6. The van der Waals surface area contributed by atoms with Crippen molar-refractivity contribution in [2.75, 3.05) is 13.7 Å². The second-order valence-electron chi connectivity index (χ2n) is 8.30. The van der Waals surface area contributed by atoms with E-state index >= 15 is 0 Å². The van der Waals surface area contributed by atoms with Crippen LogP contribution in [0.15, 0.2) is 54.7 Å². The summed E-state index contributed by atoms with van der Waals surface area (Å²) < 4.78 is 5.28. The smallest absolute Gasteiger partial charge is 0.246 e. The summed E-state index contributed by atoms with van der Waals surface area (Å²) in [5, 5.41) is 7.55. The van der Waals surface area contributed by atoms with Crippen molar-refractivity contribution in [3.63, 3.8) is 0 Å². The monoisotopic (exact) mass is 418 g/mol. The van der Waals surface area contributed by atoms with Crippen LogP contribution in [0.2, 0.25) is 0 Å². The molecule has 160 valence electrons. The van der Waals surface area contributed by atoms with E-state index in [0.717, 1.165) is 27.8 Å². The largest absolute Gasteiger partial charge is 0.497 e. The Hall–Kier alpha value is -3.32. The minimum atomic E-state index is -0.528. The third-order valence-electron chi connectivity index (χ3n) is 6.33. The summed E-state index contributed by atoms with van der Waals surface area (Å²) in [4.78, 5) is 30.9. The van der Waals surface area contributed by atoms with Gasteiger partial charge >= 0.3 is 0 Å². The molecule has 5 rings (SSSR count). The number of aromatic amines is 1. The minimum Gasteiger partial charge on any atom is -0.497 e. The number of piperazine rings is 1. The van der Waals surface area contributed by atoms with Gasteiger partial charge in [0, 0.05) is 42.7 Å². The van der Waals surface area contributed by atoms with Crippen LogP contribution in [0.1, 0.15) is 17.5 Å². The number of fused-ring (bicyclic) bond motifs is 2. The number of carbonyl (C=O) groups excluding carboxylic acids is 2. The lowest BCUT2D eigenvalue weighted by atomic mass is 10.0. The van der Waals surface area contributed by atoms with Crippen LogP contribution < -0.4 is 15.4 Å². The fourth-order valence-electron chi connectivity index (χ4n) is 4.71. The zero-order valence-electron chi connectivity index (χ0n) is 17.4. The van der Waals surface area contributed by atoms with Crippen molar-refractivity contribution in [1.29, 1.82) is 0 Å². The van der Waals surface area contributed by atoms with E-state index < -0.39 is 12.1 Å². The lowest BCUT2D eigenvalue weighted by Crippen LogP contribution is -2.61. The van der Waals surface area contributed by atoms with Crippen LogP contribution in [-0.4, -0.2) is 53.5 Å². The second kappa shape index (κ2) is 8.07. The molecule has 0 aliphatic carbocycles. The van der Waals surface area contributed by atoms with Gasteiger partial charge in [0.1, 0.15) is 17.8 Å². The Morgan fingerprint density at radius 3 is 2.90 bits per heavy atom. The number of aromatic nitrogens is 1. The average molecular weight is 418 g/mol. The maximum atomic E-state index is 13.2. The lowest BCUT2D eigenvalue weighted by molar-refractivity contribution is -0.146. The standard InChI is InChI=1S/C24H26N4O3/c1-31-18-6-4-5-15(9-18)12-25-17-11-22-23(29)27-21(24(30)28(22)14-17)10-16-13-26-20-8-3-2-7-19(16)20/h2-9,13,17,21-22,25-26H,10-12,14H2,1H3,(H,27,29)/t17-,21-,22-/m0/s1. The van der Waals surface area contributed by atoms with Gasteiger partial charge in [-0.3, -0.25) is 9.59 Å². The minimum absolute atomic E-state index is 0.000520. The number of ether oxygens (including phenoxy) is 1. The highest BCUT2D eigenvalue weighted by Gasteiger charge is 2.46. The van der Waals surface area contributed by atoms with E-state index in [9.17, 15) is 9.59 Å². The number of rotatable bonds is 6. The number of hydrogen-bond acceptors (Lipinski definition) is 4. The van der Waals surface area contributed by atoms with E-state index in [1.54, 1.807) is 12.0 Å². The Balaban J connectivity index is 1.25. The predicted molar refractivity (Wildman–Crippen MR) is 118 cm³/mol. The van der Waals surface area contributed by atoms with E-state index in [0.29, 0.717) is 25.9 Å². The molecule has 3 heterocycles. The highest BCUT2D eigenvalue weighted by molar-refractivity contribution is 5.98. The van der Waals surface area contributed by atoms with Crippen LogP contribution in [0, 0.1) is 0 Å². The van der Waals surface area contributed by atoms with Crippen molar-refractivity contribution in [1.82, 2.24) is 20.5 Å². The van der Waals surface area contributed by atoms with Crippen LogP contribution >= 0.6 is 0 Å². The lowest BCUT2D eigenvalue weighted by Gasteiger charge is -2.34. The van der Waals surface area contributed by atoms with Gasteiger partial charge in [0.15, 0.2) is 0 Å². The highest BCUT2D eigenvalue weighted by Crippen LogP contribution is 2.26. The molecular formula is C24H26N4O3. The van der Waals surface area contributed by atoms with E-state index in [2.05, 4.69) is 15.6 Å². The number of carbonyl (C=O) groups is 2. The third kappa shape index (κ3) is 3.77. The van der Waals surface area contributed by atoms with Gasteiger partial charge in [0.25, 0.3) is 0 Å². The molecule has 1 aromatic heterocycles. The van der Waals surface area contributed by atoms with Gasteiger partial charge in [-0.15, -0.1) is 0 Å². The molecule has 7 nitrogen and oxygen atoms in total. The Bertz CT molecular complexity index is 1120. The maximum Gasteiger partial charge on any atom is 0.246 e. The van der Waals surface area contributed by atoms with Gasteiger partial charge in [0.2, 0.25) is 11.8 Å². The summed E-state index contributed by atoms with van der Waals surface area (Å²) in [7, 11) is 1.65. The molecule has 0 spiro atoms. The molecule has 0 bridgehead atoms. The van der Waals surface area contributed by atoms with Gasteiger partial charge < -0.3 is 25.3 Å². The number of methoxy groups -OCH3 is 1. The molecule has 2 aliphatic heterocycles. The van der Waals surface area contributed by atoms with Crippen molar-refractivity contribution in [2.45, 2.75) is 37.5 Å². The Kier molecular flexibility index (Phi) is 5.11. The summed E-state index contributed by atoms with van der Waals surface area (Å²) in [6, 6.07) is 15.1. The van der Waals surface area contributed by atoms with Crippen LogP contribution in [-0.2, 0) is 22.6 Å². The fourth-order valence-corrected chi connectivity index (χ4v) is 4.71. The van der Waals surface area contributed by atoms with Crippen molar-refractivity contribution < 1.29 is 14.3 Å². The van der Waals surface area contributed by atoms with E-state index in [1.807, 2.05) is 54.7 Å². The Labute approximate surface area is 180 Å². The summed E-state index contributed by atoms with van der Waals surface area (Å²) in [5.74, 6) is 0.758. The number of H-pyrrole nitrogens is 1. The summed E-state index contributed by atoms with van der Waals surface area (Å²) >= 11 is 0. The average Bonchev–Trinajstić information content (AvgIpc) is 3.41. The molecule has 2 saturated heterocycles. The Morgan fingerprint density at radius 1 is 1.16 bits per heavy atom. The molecule has 0 radical (unpaired) electrons. The van der Waals surface area contributed by atoms with Gasteiger partial charge in [0.05, 0.1) is 7.11 Å². The topological polar surface area (TPSA) is 86.5 Å². The molecule has 2 aliphatic rings. The van der Waals surface area contributed by atoms with Gasteiger partial charge in [-0.25, -0.2) is 0 Å². The number of amides is 2. The van der Waals surface area contributed by atoms with E-state index in [4.69, 9.17) is 4.74 Å². The second-order valence-corrected chi connectivity index (χ2v) is 8.30. The highest BCUT2D eigenvalue weighted by atomic mass is 16.5. The number of nitrogens with one attached hydrogen (secondary N) is 3. The SMILES string of the molecule is COc1cccc(CN[C@H]2C[C@H]3C(=O)N[C@@H](Cc4c[nH]c5ccccc45)C(=O)N3C2)c1. The normalized spacial score (nSPS) is 23.1. The number of nitrogens with zero attached hydrogens (tertiary/aromatic N) is 1. The molecule has 3 aromatic rings.